The first-order valence-corrected chi connectivity index (χ1v) is 29.5. The summed E-state index contributed by atoms with van der Waals surface area (Å²) in [5, 5.41) is 116. The van der Waals surface area contributed by atoms with Crippen LogP contribution in [0.4, 0.5) is 0 Å². The molecule has 3 saturated heterocycles. The van der Waals surface area contributed by atoms with Crippen LogP contribution in [0.1, 0.15) is 82.7 Å². The molecular weight excluding hydrogens is 1220 g/mol. The number of phenolic OH excluding ortho intramolecular Hbond substituents is 1. The summed E-state index contributed by atoms with van der Waals surface area (Å²) >= 11 is 0. The second-order valence-electron chi connectivity index (χ2n) is 21.9. The standard InChI is InChI=1S/C56H71N9O23S.Na.H/c1-4-5-6-17-86-32-14-11-28(12-15-32)39-21-33(63-87-39)27-7-9-29(10-8-27)49(75)58-34-20-38(70)52(78)62-54(80)45-46(72)25(2)23-65(45)56(82)43(37(69)22-41(57)71)60-53(79)44(48(74)47(73)30-13-16-36(68)40(18-30)88-89(83,84)85)61-51(77)35-19-31(67)24-64(35)55(81)42(26(3)66)59-50(34)76;;/h7-16,18,21,25-26,31,34-35,37-38,42-48,52,66-70,72-74,78H,4-6,17,19-20,22-24H2,1-3H3,(H2,57,71)(H,58,75)(H,59,76)(H,60,79)(H,61,77)(H,62,80)(H,83,84,85);;/q;+1;-1/t25-,26+,31+,34-,35-,37+,38+,42-,43-,44-,45-,46-,47-,48-,52+;;/m0../s1. The third kappa shape index (κ3) is 17.8. The van der Waals surface area contributed by atoms with Crippen molar-refractivity contribution in [2.24, 2.45) is 11.7 Å². The number of nitrogens with one attached hydrogen (secondary N) is 5. The number of nitrogens with zero attached hydrogens (tertiary/aromatic N) is 3. The number of hydrogen-bond acceptors (Lipinski definition) is 23. The van der Waals surface area contributed by atoms with E-state index in [1.54, 1.807) is 30.3 Å². The number of ether oxygens (including phenoxy) is 1. The number of aliphatic hydroxyl groups excluding tert-OH is 8. The van der Waals surface area contributed by atoms with Gasteiger partial charge in [-0.1, -0.05) is 50.0 Å². The predicted octanol–water partition coefficient (Wildman–Crippen LogP) is -6.79. The molecule has 0 radical (unpaired) electrons. The van der Waals surface area contributed by atoms with Gasteiger partial charge in [-0.05, 0) is 67.4 Å². The fraction of sp³-hybridized carbons (Fsp3) is 0.482. The summed E-state index contributed by atoms with van der Waals surface area (Å²) in [6, 6.07) is 3.52. The Balaban J connectivity index is 0.00000752. The van der Waals surface area contributed by atoms with Gasteiger partial charge in [0.05, 0.1) is 37.4 Å². The maximum atomic E-state index is 14.7. The first-order chi connectivity index (χ1) is 42.0. The molecule has 3 fully saturated rings. The number of fused-ring (bicyclic) bond motifs is 2. The summed E-state index contributed by atoms with van der Waals surface area (Å²) in [5.41, 5.74) is 6.17. The molecule has 3 aliphatic rings. The summed E-state index contributed by atoms with van der Waals surface area (Å²) < 4.78 is 48.1. The van der Waals surface area contributed by atoms with Gasteiger partial charge in [0.1, 0.15) is 66.0 Å². The summed E-state index contributed by atoms with van der Waals surface area (Å²) in [6.07, 6.45) is -17.3. The number of amides is 8. The zero-order valence-corrected chi connectivity index (χ0v) is 51.9. The van der Waals surface area contributed by atoms with E-state index in [2.05, 4.69) is 32.2 Å². The minimum atomic E-state index is -5.35. The van der Waals surface area contributed by atoms with E-state index in [-0.39, 0.29) is 36.5 Å². The van der Waals surface area contributed by atoms with Gasteiger partial charge in [-0.15, -0.1) is 0 Å². The first-order valence-electron chi connectivity index (χ1n) is 28.1. The second kappa shape index (κ2) is 31.1. The van der Waals surface area contributed by atoms with Crippen LogP contribution in [-0.4, -0.2) is 220 Å². The molecule has 3 aliphatic heterocycles. The predicted molar refractivity (Wildman–Crippen MR) is 305 cm³/mol. The van der Waals surface area contributed by atoms with E-state index in [0.29, 0.717) is 56.9 Å². The zero-order chi connectivity index (χ0) is 65.3. The van der Waals surface area contributed by atoms with Crippen molar-refractivity contribution in [2.75, 3.05) is 19.7 Å². The van der Waals surface area contributed by atoms with Gasteiger partial charge in [-0.25, -0.2) is 0 Å². The molecule has 0 unspecified atom stereocenters. The van der Waals surface area contributed by atoms with Gasteiger partial charge >= 0.3 is 40.0 Å². The minimum absolute atomic E-state index is 0. The fourth-order valence-corrected chi connectivity index (χ4v) is 10.7. The van der Waals surface area contributed by atoms with Crippen LogP contribution >= 0.6 is 0 Å². The van der Waals surface area contributed by atoms with Crippen LogP contribution in [-0.2, 0) is 44.0 Å². The number of aliphatic hydroxyl groups is 8. The van der Waals surface area contributed by atoms with Crippen molar-refractivity contribution >= 4 is 57.7 Å². The van der Waals surface area contributed by atoms with Crippen molar-refractivity contribution in [1.82, 2.24) is 41.5 Å². The van der Waals surface area contributed by atoms with E-state index in [1.165, 1.54) is 31.2 Å². The van der Waals surface area contributed by atoms with Gasteiger partial charge in [0.15, 0.2) is 23.5 Å². The Morgan fingerprint density at radius 1 is 0.800 bits per heavy atom. The quantitative estimate of drug-likeness (QED) is 0.0250. The van der Waals surface area contributed by atoms with Gasteiger partial charge in [0.25, 0.3) is 5.91 Å². The Morgan fingerprint density at radius 3 is 2.07 bits per heavy atom. The molecule has 32 nitrogen and oxygen atoms in total. The molecule has 1 aromatic heterocycles. The SMILES string of the molecule is CCCCCOc1ccc(-c2cc(-c3ccc(C(=O)N[C@H]4C[C@@H](O)[C@@H](O)NC(=O)[C@@H]5[C@@H](O)[C@@H](C)CN5C(=O)[C@H]([C@H](O)CC(N)=O)NC(=O)[C@H]([C@H](O)[C@@H](O)c5ccc(O)c(OS(=O)(=O)O)c5)NC(=O)[C@@H]5C[C@@H](O)CN5C(=O)[C@H]([C@@H](C)O)NC4=O)cc3)no2)cc1.[H-].[Na+]. The van der Waals surface area contributed by atoms with E-state index >= 15 is 0 Å². The monoisotopic (exact) mass is 1290 g/mol. The Bertz CT molecular complexity index is 3350. The van der Waals surface area contributed by atoms with Crippen molar-refractivity contribution in [2.45, 2.75) is 145 Å². The van der Waals surface area contributed by atoms with Crippen LogP contribution in [0.25, 0.3) is 22.6 Å². The molecule has 90 heavy (non-hydrogen) atoms. The maximum absolute atomic E-state index is 14.7. The van der Waals surface area contributed by atoms with E-state index < -0.39 is 198 Å². The van der Waals surface area contributed by atoms with Crippen LogP contribution in [0, 0.1) is 5.92 Å². The minimum Gasteiger partial charge on any atom is -1.00 e. The number of rotatable bonds is 18. The molecule has 3 aromatic carbocycles. The molecule has 4 aromatic rings. The van der Waals surface area contributed by atoms with Crippen molar-refractivity contribution in [3.8, 4) is 39.8 Å². The average Bonchev–Trinajstić information content (AvgIpc) is 1.96. The number of nitrogens with two attached hydrogens (primary N) is 1. The third-order valence-corrected chi connectivity index (χ3v) is 15.6. The van der Waals surface area contributed by atoms with Gasteiger partial charge < -0.3 is 103 Å². The van der Waals surface area contributed by atoms with Crippen molar-refractivity contribution in [3.63, 3.8) is 0 Å². The third-order valence-electron chi connectivity index (χ3n) is 15.2. The van der Waals surface area contributed by atoms with E-state index in [9.17, 15) is 97.3 Å². The number of phenols is 1. The fourth-order valence-electron chi connectivity index (χ4n) is 10.3. The van der Waals surface area contributed by atoms with Crippen LogP contribution in [0.15, 0.2) is 77.3 Å². The topological polar surface area (TPSA) is 510 Å². The Labute approximate surface area is 537 Å². The number of hydrogen-bond donors (Lipinski definition) is 16. The molecule has 4 heterocycles. The zero-order valence-electron chi connectivity index (χ0n) is 50.1. The number of unbranched alkanes of at least 4 members (excludes halogenated alkanes) is 2. The molecular formula is C56H72N9NaO23S. The Kier molecular flexibility index (Phi) is 24.8. The van der Waals surface area contributed by atoms with Crippen LogP contribution in [0.5, 0.6) is 17.2 Å². The molecule has 34 heteroatoms. The molecule has 17 N–H and O–H groups in total. The molecule has 7 rings (SSSR count). The van der Waals surface area contributed by atoms with E-state index in [0.717, 1.165) is 32.3 Å². The van der Waals surface area contributed by atoms with Gasteiger partial charge in [-0.3, -0.25) is 42.9 Å². The smallest absolute Gasteiger partial charge is 1.00 e. The number of primary amides is 1. The van der Waals surface area contributed by atoms with Crippen LogP contribution in [0.2, 0.25) is 0 Å². The van der Waals surface area contributed by atoms with Crippen LogP contribution < -0.4 is 70.8 Å². The number of aromatic hydroxyl groups is 1. The number of aromatic nitrogens is 1. The molecule has 0 saturated carbocycles. The molecule has 0 bridgehead atoms. The molecule has 0 spiro atoms. The van der Waals surface area contributed by atoms with Gasteiger partial charge in [-0.2, -0.15) is 8.42 Å². The van der Waals surface area contributed by atoms with Crippen molar-refractivity contribution < 1.29 is 142 Å². The molecule has 15 atom stereocenters. The second-order valence-corrected chi connectivity index (χ2v) is 22.9. The van der Waals surface area contributed by atoms with Crippen LogP contribution in [0.3, 0.4) is 0 Å². The number of carbonyl (C=O) groups is 8. The van der Waals surface area contributed by atoms with Crippen molar-refractivity contribution in [3.05, 3.63) is 83.9 Å². The molecule has 8 amide bonds. The van der Waals surface area contributed by atoms with E-state index in [1.807, 2.05) is 10.6 Å². The average molecular weight is 1290 g/mol. The summed E-state index contributed by atoms with van der Waals surface area (Å²) in [5.74, 6) is -12.9. The maximum Gasteiger partial charge on any atom is 1.00 e. The Hall–Kier alpha value is -7.38. The number of benzene rings is 3. The largest absolute Gasteiger partial charge is 1.00 e. The number of carbonyl (C=O) groups excluding carboxylic acids is 8. The Morgan fingerprint density at radius 2 is 1.43 bits per heavy atom. The van der Waals surface area contributed by atoms with E-state index in [4.69, 9.17) is 15.0 Å². The summed E-state index contributed by atoms with van der Waals surface area (Å²) in [7, 11) is -5.35. The molecule has 486 valence electrons. The normalized spacial score (nSPS) is 26.2. The van der Waals surface area contributed by atoms with Gasteiger partial charge in [0, 0.05) is 54.6 Å². The summed E-state index contributed by atoms with van der Waals surface area (Å²) in [4.78, 5) is 115. The first kappa shape index (κ1) is 71.7. The summed E-state index contributed by atoms with van der Waals surface area (Å²) in [6.45, 7) is 3.74. The van der Waals surface area contributed by atoms with Crippen molar-refractivity contribution in [1.29, 1.82) is 0 Å². The molecule has 0 aliphatic carbocycles. The van der Waals surface area contributed by atoms with Gasteiger partial charge in [0.2, 0.25) is 41.4 Å².